The minimum absolute atomic E-state index is 0.0430. The second-order valence-corrected chi connectivity index (χ2v) is 6.50. The number of hydrogen-bond donors (Lipinski definition) is 3. The number of aliphatic hydroxyl groups excluding tert-OH is 2. The van der Waals surface area contributed by atoms with Gasteiger partial charge in [0, 0.05) is 6.20 Å². The van der Waals surface area contributed by atoms with E-state index in [4.69, 9.17) is 15.2 Å². The van der Waals surface area contributed by atoms with Gasteiger partial charge < -0.3 is 35.5 Å². The smallest absolute Gasteiger partial charge is 0.434 e. The number of carbonyl (C=O) groups excluding carboxylic acids is 1. The molecule has 0 bridgehead atoms. The molecule has 1 aliphatic rings. The molecule has 1 aliphatic heterocycles. The molecule has 16 heteroatoms. The van der Waals surface area contributed by atoms with Crippen LogP contribution in [-0.2, 0) is 33.6 Å². The van der Waals surface area contributed by atoms with Crippen LogP contribution in [0, 0.1) is 10.1 Å². The van der Waals surface area contributed by atoms with Gasteiger partial charge in [0.2, 0.25) is 0 Å². The van der Waals surface area contributed by atoms with Crippen LogP contribution in [0.5, 0.6) is 0 Å². The Bertz CT molecular complexity index is 1090. The van der Waals surface area contributed by atoms with E-state index in [-0.39, 0.29) is 16.1 Å². The predicted octanol–water partition coefficient (Wildman–Crippen LogP) is -1.75. The first-order valence-electron chi connectivity index (χ1n) is 8.49. The lowest BCUT2D eigenvalue weighted by Gasteiger charge is -2.32. The molecule has 3 rings (SSSR count). The summed E-state index contributed by atoms with van der Waals surface area (Å²) in [5, 5.41) is 30.0. The number of aliphatic hydroxyl groups is 2. The molecule has 3 atom stereocenters. The lowest BCUT2D eigenvalue weighted by Crippen LogP contribution is -2.60. The highest BCUT2D eigenvalue weighted by molar-refractivity contribution is 5.79. The number of ether oxygens (including phenoxy) is 2. The van der Waals surface area contributed by atoms with E-state index in [0.29, 0.717) is 6.20 Å². The van der Waals surface area contributed by atoms with Gasteiger partial charge in [-0.25, -0.2) is 14.2 Å². The van der Waals surface area contributed by atoms with E-state index in [0.717, 1.165) is 16.8 Å². The Labute approximate surface area is 170 Å². The summed E-state index contributed by atoms with van der Waals surface area (Å²) in [5.41, 5.74) is 0.348. The minimum Gasteiger partial charge on any atom is -0.454 e. The number of nitrogens with two attached hydrogens (primary N) is 1. The number of aromatic nitrogens is 4. The Kier molecular flexibility index (Phi) is 5.47. The number of nitrogens with zero attached hydrogens (tertiary/aromatic N) is 5. The van der Waals surface area contributed by atoms with Gasteiger partial charge in [0.05, 0.1) is 13.7 Å². The van der Waals surface area contributed by atoms with Crippen molar-refractivity contribution < 1.29 is 38.2 Å². The summed E-state index contributed by atoms with van der Waals surface area (Å²) in [6.07, 6.45) is -2.97. The average Bonchev–Trinajstić information content (AvgIpc) is 3.16. The molecular formula is C15H16F2N6O8. The molecular weight excluding hydrogens is 430 g/mol. The summed E-state index contributed by atoms with van der Waals surface area (Å²) in [6.45, 7) is -1.88. The molecule has 2 aromatic heterocycles. The molecule has 4 N–H and O–H groups in total. The number of imidazole rings is 1. The zero-order valence-electron chi connectivity index (χ0n) is 15.7. The van der Waals surface area contributed by atoms with E-state index in [1.165, 1.54) is 7.05 Å². The van der Waals surface area contributed by atoms with Gasteiger partial charge in [-0.2, -0.15) is 13.8 Å². The molecule has 0 unspecified atom stereocenters. The number of hydrogen-bond acceptors (Lipinski definition) is 11. The highest BCUT2D eigenvalue weighted by Gasteiger charge is 2.75. The Balaban J connectivity index is 2.04. The molecule has 0 spiro atoms. The third kappa shape index (κ3) is 3.29. The topological polar surface area (TPSA) is 198 Å². The number of rotatable bonds is 6. The molecule has 0 amide bonds. The van der Waals surface area contributed by atoms with Crippen molar-refractivity contribution in [2.75, 3.05) is 12.3 Å². The van der Waals surface area contributed by atoms with Gasteiger partial charge in [-0.05, 0) is 11.0 Å². The number of carbonyl (C=O) groups is 1. The average molecular weight is 446 g/mol. The zero-order chi connectivity index (χ0) is 23.1. The lowest BCUT2D eigenvalue weighted by molar-refractivity contribution is -0.396. The van der Waals surface area contributed by atoms with Gasteiger partial charge in [0.1, 0.15) is 24.7 Å². The van der Waals surface area contributed by atoms with Crippen molar-refractivity contribution in [2.24, 2.45) is 7.05 Å². The van der Waals surface area contributed by atoms with Crippen LogP contribution in [0.1, 0.15) is 5.69 Å². The van der Waals surface area contributed by atoms with E-state index in [9.17, 15) is 29.9 Å². The molecule has 2 aromatic rings. The normalized spacial score (nSPS) is 24.8. The van der Waals surface area contributed by atoms with Crippen LogP contribution in [0.15, 0.2) is 23.3 Å². The predicted molar refractivity (Wildman–Crippen MR) is 93.5 cm³/mol. The maximum absolute atomic E-state index is 15.1. The van der Waals surface area contributed by atoms with Crippen LogP contribution in [-0.4, -0.2) is 64.9 Å². The highest BCUT2D eigenvalue weighted by atomic mass is 19.3. The van der Waals surface area contributed by atoms with Gasteiger partial charge >= 0.3 is 29.3 Å². The first-order valence-corrected chi connectivity index (χ1v) is 8.49. The molecule has 1 saturated heterocycles. The maximum Gasteiger partial charge on any atom is 0.434 e. The molecule has 168 valence electrons. The fourth-order valence-electron chi connectivity index (χ4n) is 3.06. The van der Waals surface area contributed by atoms with E-state index in [2.05, 4.69) is 9.97 Å². The molecule has 14 nitrogen and oxygen atoms in total. The first kappa shape index (κ1) is 22.2. The van der Waals surface area contributed by atoms with Crippen molar-refractivity contribution in [3.63, 3.8) is 0 Å². The van der Waals surface area contributed by atoms with Crippen LogP contribution in [0.3, 0.4) is 0 Å². The summed E-state index contributed by atoms with van der Waals surface area (Å²) in [5.74, 6) is -7.23. The third-order valence-corrected chi connectivity index (χ3v) is 4.69. The van der Waals surface area contributed by atoms with Gasteiger partial charge in [-0.1, -0.05) is 4.98 Å². The van der Waals surface area contributed by atoms with E-state index < -0.39 is 59.6 Å². The van der Waals surface area contributed by atoms with Gasteiger partial charge in [0.25, 0.3) is 0 Å². The number of halogens is 2. The number of nitro groups is 1. The fraction of sp³-hybridized carbons (Fsp3) is 0.467. The molecule has 0 saturated carbocycles. The number of esters is 1. The SMILES string of the molecule is Cn1c(COC(=O)[C@@]2(n3ccc(N)nc3=O)O[C@H](CO)[C@@H](O)C2(F)F)cnc1[N+](=O)[O-]. The summed E-state index contributed by atoms with van der Waals surface area (Å²) in [6, 6.07) is 0.930. The molecule has 31 heavy (non-hydrogen) atoms. The number of anilines is 1. The van der Waals surface area contributed by atoms with Crippen molar-refractivity contribution in [1.29, 1.82) is 0 Å². The molecule has 0 aromatic carbocycles. The van der Waals surface area contributed by atoms with Crippen LogP contribution in [0.25, 0.3) is 0 Å². The molecule has 0 radical (unpaired) electrons. The molecule has 0 aliphatic carbocycles. The Morgan fingerprint density at radius 3 is 2.71 bits per heavy atom. The maximum atomic E-state index is 15.1. The van der Waals surface area contributed by atoms with Crippen molar-refractivity contribution >= 4 is 17.7 Å². The summed E-state index contributed by atoms with van der Waals surface area (Å²) in [4.78, 5) is 41.9. The standard InChI is InChI=1S/C15H16F2N6O8/c1-21-7(4-19-12(21)23(28)29)6-30-11(26)15(22-3-2-9(18)20-13(22)27)14(16,17)10(25)8(5-24)31-15/h2-4,8,10,24-25H,5-6H2,1H3,(H2,18,20,27)/t8-,10-,15-/m1/s1. The van der Waals surface area contributed by atoms with Gasteiger partial charge in [-0.3, -0.25) is 4.57 Å². The quantitative estimate of drug-likeness (QED) is 0.258. The molecule has 1 fully saturated rings. The fourth-order valence-corrected chi connectivity index (χ4v) is 3.06. The van der Waals surface area contributed by atoms with E-state index >= 15 is 8.78 Å². The molecule has 3 heterocycles. The zero-order valence-corrected chi connectivity index (χ0v) is 15.7. The summed E-state index contributed by atoms with van der Waals surface area (Å²) in [7, 11) is 1.23. The second kappa shape index (κ2) is 7.64. The van der Waals surface area contributed by atoms with Crippen molar-refractivity contribution in [3.8, 4) is 0 Å². The van der Waals surface area contributed by atoms with Crippen LogP contribution in [0.4, 0.5) is 20.5 Å². The first-order chi connectivity index (χ1) is 14.5. The van der Waals surface area contributed by atoms with Crippen LogP contribution >= 0.6 is 0 Å². The largest absolute Gasteiger partial charge is 0.454 e. The number of nitrogen functional groups attached to an aromatic ring is 1. The third-order valence-electron chi connectivity index (χ3n) is 4.69. The minimum atomic E-state index is -4.46. The number of alkyl halides is 2. The van der Waals surface area contributed by atoms with Crippen molar-refractivity contribution in [3.05, 3.63) is 44.8 Å². The van der Waals surface area contributed by atoms with Crippen LogP contribution < -0.4 is 11.4 Å². The van der Waals surface area contributed by atoms with E-state index in [1.54, 1.807) is 0 Å². The summed E-state index contributed by atoms with van der Waals surface area (Å²) < 4.78 is 41.1. The monoisotopic (exact) mass is 446 g/mol. The summed E-state index contributed by atoms with van der Waals surface area (Å²) >= 11 is 0. The lowest BCUT2D eigenvalue weighted by atomic mass is 10.0. The van der Waals surface area contributed by atoms with Gasteiger partial charge in [-0.15, -0.1) is 0 Å². The Hall–Kier alpha value is -3.50. The van der Waals surface area contributed by atoms with Gasteiger partial charge in [0.15, 0.2) is 11.8 Å². The van der Waals surface area contributed by atoms with Crippen molar-refractivity contribution in [1.82, 2.24) is 19.1 Å². The Morgan fingerprint density at radius 1 is 1.52 bits per heavy atom. The highest BCUT2D eigenvalue weighted by Crippen LogP contribution is 2.48. The van der Waals surface area contributed by atoms with Crippen molar-refractivity contribution in [2.45, 2.75) is 30.5 Å². The van der Waals surface area contributed by atoms with E-state index in [1.807, 2.05) is 0 Å². The van der Waals surface area contributed by atoms with Crippen LogP contribution in [0.2, 0.25) is 0 Å². The Morgan fingerprint density at radius 2 is 2.19 bits per heavy atom. The second-order valence-electron chi connectivity index (χ2n) is 6.50.